The second-order valence-corrected chi connectivity index (χ2v) is 4.89. The minimum Gasteiger partial charge on any atom is -0.385 e. The quantitative estimate of drug-likeness (QED) is 0.810. The predicted molar refractivity (Wildman–Crippen MR) is 62.5 cm³/mol. The Morgan fingerprint density at radius 2 is 2.06 bits per heavy atom. The van der Waals surface area contributed by atoms with Gasteiger partial charge < -0.3 is 5.11 Å². The third kappa shape index (κ3) is 2.27. The first-order chi connectivity index (χ1) is 7.64. The van der Waals surface area contributed by atoms with E-state index in [2.05, 4.69) is 6.92 Å². The summed E-state index contributed by atoms with van der Waals surface area (Å²) in [5.74, 6) is 0.470. The van der Waals surface area contributed by atoms with Crippen molar-refractivity contribution in [2.45, 2.75) is 44.6 Å². The van der Waals surface area contributed by atoms with Gasteiger partial charge in [0.2, 0.25) is 0 Å². The molecule has 0 atom stereocenters. The first-order valence-corrected chi connectivity index (χ1v) is 6.12. The Kier molecular flexibility index (Phi) is 3.29. The summed E-state index contributed by atoms with van der Waals surface area (Å²) in [4.78, 5) is 0. The molecule has 0 unspecified atom stereocenters. The van der Waals surface area contributed by atoms with E-state index in [4.69, 9.17) is 0 Å². The maximum absolute atomic E-state index is 13.1. The van der Waals surface area contributed by atoms with E-state index >= 15 is 0 Å². The Morgan fingerprint density at radius 1 is 1.38 bits per heavy atom. The van der Waals surface area contributed by atoms with Crippen molar-refractivity contribution in [2.75, 3.05) is 0 Å². The second-order valence-electron chi connectivity index (χ2n) is 4.89. The van der Waals surface area contributed by atoms with Gasteiger partial charge in [0.05, 0.1) is 5.60 Å². The number of aliphatic hydroxyl groups is 1. The molecule has 0 aliphatic heterocycles. The highest BCUT2D eigenvalue weighted by Gasteiger charge is 2.34. The van der Waals surface area contributed by atoms with Crippen molar-refractivity contribution in [3.63, 3.8) is 0 Å². The summed E-state index contributed by atoms with van der Waals surface area (Å²) in [7, 11) is 0. The van der Waals surface area contributed by atoms with Crippen LogP contribution in [0.2, 0.25) is 0 Å². The zero-order chi connectivity index (χ0) is 11.6. The molecule has 1 fully saturated rings. The fourth-order valence-electron chi connectivity index (χ4n) is 2.63. The van der Waals surface area contributed by atoms with Gasteiger partial charge in [0.25, 0.3) is 0 Å². The van der Waals surface area contributed by atoms with Crippen LogP contribution in [0.5, 0.6) is 0 Å². The number of rotatable bonds is 2. The van der Waals surface area contributed by atoms with Crippen molar-refractivity contribution in [3.05, 3.63) is 35.6 Å². The molecule has 88 valence electrons. The Balaban J connectivity index is 2.15. The smallest absolute Gasteiger partial charge is 0.123 e. The molecule has 1 aliphatic rings. The Morgan fingerprint density at radius 3 is 2.62 bits per heavy atom. The molecule has 1 aromatic carbocycles. The standard InChI is InChI=1S/C14H19FO/c1-2-11-6-8-14(16,9-7-11)12-4-3-5-13(15)10-12/h3-5,10-11,16H,2,6-9H2,1H3. The molecule has 0 bridgehead atoms. The van der Waals surface area contributed by atoms with Crippen LogP contribution in [0.15, 0.2) is 24.3 Å². The Labute approximate surface area is 96.3 Å². The van der Waals surface area contributed by atoms with Crippen LogP contribution >= 0.6 is 0 Å². The lowest BCUT2D eigenvalue weighted by molar-refractivity contribution is -0.0148. The van der Waals surface area contributed by atoms with Gasteiger partial charge in [0.15, 0.2) is 0 Å². The zero-order valence-electron chi connectivity index (χ0n) is 9.75. The first kappa shape index (κ1) is 11.6. The van der Waals surface area contributed by atoms with Crippen molar-refractivity contribution in [1.29, 1.82) is 0 Å². The van der Waals surface area contributed by atoms with Gasteiger partial charge >= 0.3 is 0 Å². The van der Waals surface area contributed by atoms with Crippen LogP contribution in [0.4, 0.5) is 4.39 Å². The minimum atomic E-state index is -0.798. The minimum absolute atomic E-state index is 0.261. The topological polar surface area (TPSA) is 20.2 Å². The summed E-state index contributed by atoms with van der Waals surface area (Å²) >= 11 is 0. The van der Waals surface area contributed by atoms with Crippen LogP contribution < -0.4 is 0 Å². The Bertz CT molecular complexity index is 354. The molecule has 0 radical (unpaired) electrons. The number of benzene rings is 1. The molecule has 0 spiro atoms. The second kappa shape index (κ2) is 4.54. The molecule has 16 heavy (non-hydrogen) atoms. The molecule has 2 rings (SSSR count). The van der Waals surface area contributed by atoms with E-state index in [1.807, 2.05) is 6.07 Å². The molecule has 0 saturated heterocycles. The molecule has 0 amide bonds. The first-order valence-electron chi connectivity index (χ1n) is 6.12. The average Bonchev–Trinajstić information content (AvgIpc) is 2.30. The molecular formula is C14H19FO. The van der Waals surface area contributed by atoms with Crippen LogP contribution in [0.25, 0.3) is 0 Å². The van der Waals surface area contributed by atoms with E-state index in [-0.39, 0.29) is 5.82 Å². The summed E-state index contributed by atoms with van der Waals surface area (Å²) in [6, 6.07) is 6.39. The van der Waals surface area contributed by atoms with E-state index in [0.29, 0.717) is 0 Å². The molecule has 0 aromatic heterocycles. The fourth-order valence-corrected chi connectivity index (χ4v) is 2.63. The molecular weight excluding hydrogens is 203 g/mol. The fraction of sp³-hybridized carbons (Fsp3) is 0.571. The normalized spacial score (nSPS) is 30.3. The zero-order valence-corrected chi connectivity index (χ0v) is 9.75. The van der Waals surface area contributed by atoms with Crippen molar-refractivity contribution in [2.24, 2.45) is 5.92 Å². The monoisotopic (exact) mass is 222 g/mol. The van der Waals surface area contributed by atoms with Crippen LogP contribution in [-0.2, 0) is 5.60 Å². The number of hydrogen-bond donors (Lipinski definition) is 1. The van der Waals surface area contributed by atoms with E-state index in [1.54, 1.807) is 6.07 Å². The highest BCUT2D eigenvalue weighted by atomic mass is 19.1. The van der Waals surface area contributed by atoms with Crippen LogP contribution in [0, 0.1) is 11.7 Å². The summed E-state index contributed by atoms with van der Waals surface area (Å²) in [5.41, 5.74) is -0.0598. The van der Waals surface area contributed by atoms with E-state index in [0.717, 1.165) is 37.2 Å². The number of halogens is 1. The molecule has 2 heteroatoms. The van der Waals surface area contributed by atoms with Crippen molar-refractivity contribution < 1.29 is 9.50 Å². The van der Waals surface area contributed by atoms with Crippen LogP contribution in [0.3, 0.4) is 0 Å². The van der Waals surface area contributed by atoms with Crippen molar-refractivity contribution >= 4 is 0 Å². The highest BCUT2D eigenvalue weighted by molar-refractivity contribution is 5.23. The van der Waals surface area contributed by atoms with Gasteiger partial charge in [0.1, 0.15) is 5.82 Å². The van der Waals surface area contributed by atoms with E-state index in [1.165, 1.54) is 18.6 Å². The third-order valence-electron chi connectivity index (χ3n) is 3.87. The maximum atomic E-state index is 13.1. The highest BCUT2D eigenvalue weighted by Crippen LogP contribution is 2.40. The summed E-state index contributed by atoms with van der Waals surface area (Å²) in [6.45, 7) is 2.19. The van der Waals surface area contributed by atoms with Gasteiger partial charge in [-0.1, -0.05) is 25.5 Å². The maximum Gasteiger partial charge on any atom is 0.123 e. The molecule has 1 aliphatic carbocycles. The van der Waals surface area contributed by atoms with E-state index < -0.39 is 5.60 Å². The third-order valence-corrected chi connectivity index (χ3v) is 3.87. The predicted octanol–water partition coefficient (Wildman–Crippen LogP) is 3.61. The van der Waals surface area contributed by atoms with Crippen LogP contribution in [0.1, 0.15) is 44.6 Å². The summed E-state index contributed by atoms with van der Waals surface area (Å²) < 4.78 is 13.1. The average molecular weight is 222 g/mol. The number of hydrogen-bond acceptors (Lipinski definition) is 1. The van der Waals surface area contributed by atoms with Gasteiger partial charge in [-0.05, 0) is 49.3 Å². The summed E-state index contributed by atoms with van der Waals surface area (Å²) in [6.07, 6.45) is 4.79. The van der Waals surface area contributed by atoms with E-state index in [9.17, 15) is 9.50 Å². The van der Waals surface area contributed by atoms with Gasteiger partial charge in [-0.25, -0.2) is 4.39 Å². The molecule has 1 saturated carbocycles. The lowest BCUT2D eigenvalue weighted by Gasteiger charge is -2.36. The Hall–Kier alpha value is -0.890. The van der Waals surface area contributed by atoms with Gasteiger partial charge in [-0.15, -0.1) is 0 Å². The molecule has 1 aromatic rings. The van der Waals surface area contributed by atoms with Crippen molar-refractivity contribution in [1.82, 2.24) is 0 Å². The van der Waals surface area contributed by atoms with Crippen LogP contribution in [-0.4, -0.2) is 5.11 Å². The molecule has 1 nitrogen and oxygen atoms in total. The van der Waals surface area contributed by atoms with Crippen molar-refractivity contribution in [3.8, 4) is 0 Å². The van der Waals surface area contributed by atoms with Gasteiger partial charge in [-0.3, -0.25) is 0 Å². The molecule has 0 heterocycles. The molecule has 1 N–H and O–H groups in total. The lowest BCUT2D eigenvalue weighted by atomic mass is 9.74. The van der Waals surface area contributed by atoms with Gasteiger partial charge in [0, 0.05) is 0 Å². The largest absolute Gasteiger partial charge is 0.385 e. The SMILES string of the molecule is CCC1CCC(O)(c2cccc(F)c2)CC1. The van der Waals surface area contributed by atoms with Gasteiger partial charge in [-0.2, -0.15) is 0 Å². The lowest BCUT2D eigenvalue weighted by Crippen LogP contribution is -2.31. The summed E-state index contributed by atoms with van der Waals surface area (Å²) in [5, 5.41) is 10.5.